The van der Waals surface area contributed by atoms with Crippen molar-refractivity contribution in [3.8, 4) is 17.2 Å². The summed E-state index contributed by atoms with van der Waals surface area (Å²) < 4.78 is 20.2. The molecule has 0 radical (unpaired) electrons. The number of aryl methyl sites for hydroxylation is 1. The van der Waals surface area contributed by atoms with E-state index in [0.717, 1.165) is 34.5 Å². The quantitative estimate of drug-likeness (QED) is 0.477. The van der Waals surface area contributed by atoms with Gasteiger partial charge in [-0.1, -0.05) is 30.7 Å². The number of carbonyl (C=O) groups excluding carboxylic acids is 1. The van der Waals surface area contributed by atoms with Gasteiger partial charge in [0.25, 0.3) is 0 Å². The molecule has 1 N–H and O–H groups in total. The molecule has 1 aromatic heterocycles. The number of rotatable bonds is 7. The van der Waals surface area contributed by atoms with E-state index in [0.29, 0.717) is 16.5 Å². The Bertz CT molecular complexity index is 1350. The standard InChI is InChI=1S/C28H29ClN2O6/c1-4-16-11-18(29)12-20-25(16)31-10-6-8-21(31)23(13-24(32)30-14-17(15-30)28(33)34)37-26(20)19-7-5-9-22(35-2)27(19)36-3/h5-12,17,23,26H,4,13-15H2,1-3H3,(H,33,34)/t23-,26-/m1/s1. The van der Waals surface area contributed by atoms with Crippen molar-refractivity contribution in [3.63, 3.8) is 0 Å². The number of nitrogens with zero attached hydrogens (tertiary/aromatic N) is 2. The van der Waals surface area contributed by atoms with Crippen molar-refractivity contribution >= 4 is 23.5 Å². The highest BCUT2D eigenvalue weighted by Gasteiger charge is 2.39. The lowest BCUT2D eigenvalue weighted by atomic mass is 9.95. The average molecular weight is 525 g/mol. The summed E-state index contributed by atoms with van der Waals surface area (Å²) in [6.45, 7) is 2.50. The monoisotopic (exact) mass is 524 g/mol. The summed E-state index contributed by atoms with van der Waals surface area (Å²) in [5, 5.41) is 9.81. The number of amides is 1. The molecular formula is C28H29ClN2O6. The summed E-state index contributed by atoms with van der Waals surface area (Å²) in [7, 11) is 3.17. The summed E-state index contributed by atoms with van der Waals surface area (Å²) >= 11 is 6.60. The predicted molar refractivity (Wildman–Crippen MR) is 138 cm³/mol. The highest BCUT2D eigenvalue weighted by molar-refractivity contribution is 6.30. The number of hydrogen-bond acceptors (Lipinski definition) is 5. The molecule has 194 valence electrons. The van der Waals surface area contributed by atoms with Crippen LogP contribution in [-0.2, 0) is 20.7 Å². The van der Waals surface area contributed by atoms with Crippen LogP contribution in [0.4, 0.5) is 0 Å². The fourth-order valence-corrected chi connectivity index (χ4v) is 5.50. The molecule has 5 rings (SSSR count). The van der Waals surface area contributed by atoms with Crippen LogP contribution in [0.2, 0.25) is 5.02 Å². The van der Waals surface area contributed by atoms with Crippen LogP contribution >= 0.6 is 11.6 Å². The van der Waals surface area contributed by atoms with Crippen molar-refractivity contribution in [2.24, 2.45) is 5.92 Å². The molecule has 2 atom stereocenters. The van der Waals surface area contributed by atoms with Gasteiger partial charge >= 0.3 is 5.97 Å². The van der Waals surface area contributed by atoms with Gasteiger partial charge in [-0.25, -0.2) is 0 Å². The maximum Gasteiger partial charge on any atom is 0.310 e. The van der Waals surface area contributed by atoms with Crippen LogP contribution in [0.15, 0.2) is 48.7 Å². The first-order valence-electron chi connectivity index (χ1n) is 12.2. The van der Waals surface area contributed by atoms with Crippen molar-refractivity contribution in [1.29, 1.82) is 0 Å². The smallest absolute Gasteiger partial charge is 0.310 e. The van der Waals surface area contributed by atoms with E-state index in [9.17, 15) is 14.7 Å². The average Bonchev–Trinajstić information content (AvgIpc) is 3.29. The normalized spacial score (nSPS) is 18.9. The molecule has 3 aromatic rings. The Labute approximate surface area is 220 Å². The Hall–Kier alpha value is -3.49. The van der Waals surface area contributed by atoms with Crippen LogP contribution in [-0.4, -0.2) is 53.8 Å². The predicted octanol–water partition coefficient (Wildman–Crippen LogP) is 4.80. The third-order valence-corrected chi connectivity index (χ3v) is 7.38. The second kappa shape index (κ2) is 10.1. The topological polar surface area (TPSA) is 90.2 Å². The van der Waals surface area contributed by atoms with E-state index >= 15 is 0 Å². The van der Waals surface area contributed by atoms with E-state index in [2.05, 4.69) is 11.5 Å². The van der Waals surface area contributed by atoms with Crippen LogP contribution in [0.1, 0.15) is 47.9 Å². The zero-order chi connectivity index (χ0) is 26.3. The summed E-state index contributed by atoms with van der Waals surface area (Å²) in [6, 6.07) is 13.4. The maximum absolute atomic E-state index is 13.2. The number of carboxylic acids is 1. The van der Waals surface area contributed by atoms with Crippen LogP contribution in [0.3, 0.4) is 0 Å². The summed E-state index contributed by atoms with van der Waals surface area (Å²) in [6.07, 6.45) is 1.59. The molecule has 37 heavy (non-hydrogen) atoms. The molecule has 1 fully saturated rings. The summed E-state index contributed by atoms with van der Waals surface area (Å²) in [4.78, 5) is 26.0. The highest BCUT2D eigenvalue weighted by Crippen LogP contribution is 2.47. The maximum atomic E-state index is 13.2. The lowest BCUT2D eigenvalue weighted by Gasteiger charge is -2.37. The van der Waals surface area contributed by atoms with Crippen LogP contribution in [0.5, 0.6) is 11.5 Å². The number of carbonyl (C=O) groups is 2. The number of benzene rings is 2. The van der Waals surface area contributed by atoms with Crippen molar-refractivity contribution in [3.05, 3.63) is 76.1 Å². The van der Waals surface area contributed by atoms with E-state index in [1.54, 1.807) is 19.1 Å². The number of carboxylic acid groups (broad SMARTS) is 1. The third-order valence-electron chi connectivity index (χ3n) is 7.16. The minimum atomic E-state index is -0.881. The molecular weight excluding hydrogens is 496 g/mol. The van der Waals surface area contributed by atoms with Gasteiger partial charge in [-0.05, 0) is 42.3 Å². The van der Waals surface area contributed by atoms with Crippen molar-refractivity contribution in [1.82, 2.24) is 9.47 Å². The molecule has 0 unspecified atom stereocenters. The Balaban J connectivity index is 1.62. The first-order chi connectivity index (χ1) is 17.9. The van der Waals surface area contributed by atoms with Crippen molar-refractivity contribution in [2.75, 3.05) is 27.3 Å². The molecule has 1 amide bonds. The minimum Gasteiger partial charge on any atom is -0.493 e. The molecule has 3 heterocycles. The van der Waals surface area contributed by atoms with E-state index < -0.39 is 24.1 Å². The minimum absolute atomic E-state index is 0.0717. The van der Waals surface area contributed by atoms with Crippen molar-refractivity contribution in [2.45, 2.75) is 32.0 Å². The van der Waals surface area contributed by atoms with Gasteiger partial charge < -0.3 is 28.8 Å². The lowest BCUT2D eigenvalue weighted by Crippen LogP contribution is -2.53. The number of ether oxygens (including phenoxy) is 3. The van der Waals surface area contributed by atoms with Gasteiger partial charge in [-0.3, -0.25) is 9.59 Å². The molecule has 1 saturated heterocycles. The second-order valence-electron chi connectivity index (χ2n) is 9.28. The van der Waals surface area contributed by atoms with Gasteiger partial charge in [0, 0.05) is 35.4 Å². The number of fused-ring (bicyclic) bond motifs is 3. The molecule has 0 saturated carbocycles. The first-order valence-corrected chi connectivity index (χ1v) is 12.6. The summed E-state index contributed by atoms with van der Waals surface area (Å²) in [5.41, 5.74) is 4.47. The van der Waals surface area contributed by atoms with Gasteiger partial charge in [0.15, 0.2) is 11.5 Å². The van der Waals surface area contributed by atoms with E-state index in [-0.39, 0.29) is 25.4 Å². The second-order valence-corrected chi connectivity index (χ2v) is 9.72. The van der Waals surface area contributed by atoms with Crippen LogP contribution in [0, 0.1) is 5.92 Å². The number of likely N-dealkylation sites (tertiary alicyclic amines) is 1. The molecule has 2 aromatic carbocycles. The van der Waals surface area contributed by atoms with Gasteiger partial charge in [0.05, 0.1) is 37.9 Å². The van der Waals surface area contributed by atoms with Gasteiger partial charge in [-0.2, -0.15) is 0 Å². The third kappa shape index (κ3) is 4.45. The zero-order valence-electron chi connectivity index (χ0n) is 20.9. The number of methoxy groups -OCH3 is 2. The number of halogens is 1. The van der Waals surface area contributed by atoms with Gasteiger partial charge in [0.2, 0.25) is 5.91 Å². The molecule has 0 aliphatic carbocycles. The fraction of sp³-hybridized carbons (Fsp3) is 0.357. The number of hydrogen-bond donors (Lipinski definition) is 1. The molecule has 2 aliphatic rings. The van der Waals surface area contributed by atoms with E-state index in [4.69, 9.17) is 25.8 Å². The van der Waals surface area contributed by atoms with Crippen LogP contribution < -0.4 is 9.47 Å². The number of aliphatic carboxylic acids is 1. The van der Waals surface area contributed by atoms with E-state index in [1.165, 1.54) is 0 Å². The SMILES string of the molecule is CCc1cc(Cl)cc2c1-n1cccc1[C@@H](CC(=O)N1CC(C(=O)O)C1)O[C@@H]2c1cccc(OC)c1OC. The van der Waals surface area contributed by atoms with Gasteiger partial charge in [-0.15, -0.1) is 0 Å². The first kappa shape index (κ1) is 25.2. The van der Waals surface area contributed by atoms with Gasteiger partial charge in [0.1, 0.15) is 12.2 Å². The Morgan fingerprint density at radius 3 is 2.57 bits per heavy atom. The lowest BCUT2D eigenvalue weighted by molar-refractivity contribution is -0.154. The Morgan fingerprint density at radius 2 is 1.89 bits per heavy atom. The fourth-order valence-electron chi connectivity index (χ4n) is 5.25. The zero-order valence-corrected chi connectivity index (χ0v) is 21.7. The molecule has 8 nitrogen and oxygen atoms in total. The molecule has 2 aliphatic heterocycles. The largest absolute Gasteiger partial charge is 0.493 e. The van der Waals surface area contributed by atoms with E-state index in [1.807, 2.05) is 48.7 Å². The highest BCUT2D eigenvalue weighted by atomic mass is 35.5. The van der Waals surface area contributed by atoms with Crippen LogP contribution in [0.25, 0.3) is 5.69 Å². The molecule has 9 heteroatoms. The number of para-hydroxylation sites is 1. The Kier molecular flexibility index (Phi) is 6.88. The summed E-state index contributed by atoms with van der Waals surface area (Å²) in [5.74, 6) is -0.433. The van der Waals surface area contributed by atoms with Crippen molar-refractivity contribution < 1.29 is 28.9 Å². The molecule has 0 bridgehead atoms. The Morgan fingerprint density at radius 1 is 1.11 bits per heavy atom. The molecule has 0 spiro atoms. The number of aromatic nitrogens is 1.